The van der Waals surface area contributed by atoms with Crippen molar-refractivity contribution in [2.24, 2.45) is 0 Å². The summed E-state index contributed by atoms with van der Waals surface area (Å²) in [6, 6.07) is 23.6. The first-order valence-electron chi connectivity index (χ1n) is 14.4. The highest BCUT2D eigenvalue weighted by Gasteiger charge is 2.38. The summed E-state index contributed by atoms with van der Waals surface area (Å²) in [5, 5.41) is 0.943. The third kappa shape index (κ3) is 6.98. The Labute approximate surface area is 278 Å². The van der Waals surface area contributed by atoms with Crippen LogP contribution in [0.5, 0.6) is 0 Å². The number of amides is 1. The number of ether oxygens (including phenoxy) is 1. The molecule has 0 saturated heterocycles. The summed E-state index contributed by atoms with van der Waals surface area (Å²) in [4.78, 5) is 28.2. The molecule has 11 heteroatoms. The van der Waals surface area contributed by atoms with E-state index in [0.29, 0.717) is 33.1 Å². The van der Waals surface area contributed by atoms with Crippen molar-refractivity contribution in [1.82, 2.24) is 4.31 Å². The molecule has 0 spiro atoms. The first-order valence-corrected chi connectivity index (χ1v) is 16.6. The van der Waals surface area contributed by atoms with E-state index < -0.39 is 21.9 Å². The molecule has 8 nitrogen and oxygen atoms in total. The average molecular weight is 680 g/mol. The number of allylic oxidation sites excluding steroid dienone is 1. The van der Waals surface area contributed by atoms with Crippen molar-refractivity contribution in [2.75, 3.05) is 12.0 Å². The number of esters is 1. The van der Waals surface area contributed by atoms with Crippen LogP contribution < -0.4 is 4.90 Å². The zero-order valence-electron chi connectivity index (χ0n) is 25.7. The number of nitrogens with zero attached hydrogens (tertiary/aromatic N) is 2. The van der Waals surface area contributed by atoms with Crippen molar-refractivity contribution in [3.05, 3.63) is 134 Å². The fourth-order valence-corrected chi connectivity index (χ4v) is 6.79. The largest absolute Gasteiger partial charge is 0.465 e. The van der Waals surface area contributed by atoms with E-state index in [9.17, 15) is 18.0 Å². The molecule has 2 heterocycles. The normalized spacial score (nSPS) is 14.7. The van der Waals surface area contributed by atoms with Gasteiger partial charge in [-0.2, -0.15) is 4.31 Å². The minimum absolute atomic E-state index is 0.0384. The van der Waals surface area contributed by atoms with Gasteiger partial charge in [-0.25, -0.2) is 13.2 Å². The maximum absolute atomic E-state index is 13.8. The summed E-state index contributed by atoms with van der Waals surface area (Å²) < 4.78 is 39.9. The topological polar surface area (TPSA) is 97.1 Å². The number of carbonyl (C=O) groups excluding carboxylic acids is 2. The monoisotopic (exact) mass is 678 g/mol. The van der Waals surface area contributed by atoms with Gasteiger partial charge >= 0.3 is 5.97 Å². The average Bonchev–Trinajstić information content (AvgIpc) is 3.58. The number of anilines is 1. The van der Waals surface area contributed by atoms with Crippen LogP contribution in [0.25, 0.3) is 6.08 Å². The van der Waals surface area contributed by atoms with Gasteiger partial charge in [0.05, 0.1) is 29.7 Å². The van der Waals surface area contributed by atoms with Crippen LogP contribution in [0.2, 0.25) is 10.0 Å². The summed E-state index contributed by atoms with van der Waals surface area (Å²) >= 11 is 12.1. The smallest absolute Gasteiger partial charge is 0.340 e. The van der Waals surface area contributed by atoms with Crippen molar-refractivity contribution >= 4 is 56.9 Å². The first kappa shape index (κ1) is 33.2. The molecule has 0 unspecified atom stereocenters. The SMILES string of the molecule is COC(=O)C1=C(C)N(c2ccc(C(C)C)cc2)C(=O)/C1=C/c1ccc(CN(Cc2ccc(Cl)cc2)S(=O)(=O)c2ccc(Cl)cc2)o1. The van der Waals surface area contributed by atoms with Crippen LogP contribution >= 0.6 is 23.2 Å². The van der Waals surface area contributed by atoms with Crippen LogP contribution in [0.1, 0.15) is 49.3 Å². The van der Waals surface area contributed by atoms with Crippen LogP contribution in [0.4, 0.5) is 5.69 Å². The van der Waals surface area contributed by atoms with Crippen molar-refractivity contribution < 1.29 is 27.2 Å². The highest BCUT2D eigenvalue weighted by Crippen LogP contribution is 2.36. The maximum Gasteiger partial charge on any atom is 0.340 e. The molecule has 0 aliphatic carbocycles. The number of carbonyl (C=O) groups is 2. The quantitative estimate of drug-likeness (QED) is 0.125. The van der Waals surface area contributed by atoms with Crippen molar-refractivity contribution in [1.29, 1.82) is 0 Å². The number of furan rings is 1. The van der Waals surface area contributed by atoms with Crippen molar-refractivity contribution in [3.8, 4) is 0 Å². The number of benzene rings is 3. The summed E-state index contributed by atoms with van der Waals surface area (Å²) in [7, 11) is -2.73. The molecule has 46 heavy (non-hydrogen) atoms. The lowest BCUT2D eigenvalue weighted by molar-refractivity contribution is -0.136. The van der Waals surface area contributed by atoms with E-state index in [2.05, 4.69) is 13.8 Å². The van der Waals surface area contributed by atoms with Crippen LogP contribution in [-0.2, 0) is 37.4 Å². The summed E-state index contributed by atoms with van der Waals surface area (Å²) in [6.45, 7) is 5.78. The van der Waals surface area contributed by atoms with Gasteiger partial charge in [0.1, 0.15) is 11.5 Å². The lowest BCUT2D eigenvalue weighted by atomic mass is 10.0. The second-order valence-corrected chi connectivity index (χ2v) is 13.9. The number of methoxy groups -OCH3 is 1. The van der Waals surface area contributed by atoms with Crippen LogP contribution in [0, 0.1) is 0 Å². The summed E-state index contributed by atoms with van der Waals surface area (Å²) in [6.07, 6.45) is 1.47. The Bertz CT molecular complexity index is 1930. The predicted octanol–water partition coefficient (Wildman–Crippen LogP) is 7.98. The zero-order valence-corrected chi connectivity index (χ0v) is 28.0. The van der Waals surface area contributed by atoms with Gasteiger partial charge in [0.25, 0.3) is 5.91 Å². The molecular weight excluding hydrogens is 647 g/mol. The minimum Gasteiger partial charge on any atom is -0.465 e. The molecule has 1 aliphatic heterocycles. The van der Waals surface area contributed by atoms with E-state index in [4.69, 9.17) is 32.4 Å². The number of sulfonamides is 1. The zero-order chi connectivity index (χ0) is 33.2. The van der Waals surface area contributed by atoms with E-state index in [0.717, 1.165) is 11.1 Å². The lowest BCUT2D eigenvalue weighted by Gasteiger charge is -2.21. The number of rotatable bonds is 10. The number of hydrogen-bond donors (Lipinski definition) is 0. The van der Waals surface area contributed by atoms with Gasteiger partial charge in [-0.05, 0) is 90.7 Å². The maximum atomic E-state index is 13.8. The third-order valence-electron chi connectivity index (χ3n) is 7.63. The Morgan fingerprint density at radius 2 is 1.52 bits per heavy atom. The molecule has 0 radical (unpaired) electrons. The predicted molar refractivity (Wildman–Crippen MR) is 179 cm³/mol. The molecule has 1 aromatic heterocycles. The molecule has 0 N–H and O–H groups in total. The molecule has 0 bridgehead atoms. The van der Waals surface area contributed by atoms with Gasteiger partial charge < -0.3 is 9.15 Å². The van der Waals surface area contributed by atoms with Gasteiger partial charge in [-0.15, -0.1) is 0 Å². The molecule has 1 aliphatic rings. The van der Waals surface area contributed by atoms with E-state index in [1.165, 1.54) is 46.7 Å². The van der Waals surface area contributed by atoms with Gasteiger partial charge in [-0.1, -0.05) is 61.3 Å². The molecule has 4 aromatic rings. The first-order chi connectivity index (χ1) is 21.9. The Morgan fingerprint density at radius 1 is 0.913 bits per heavy atom. The van der Waals surface area contributed by atoms with E-state index >= 15 is 0 Å². The Kier molecular flexibility index (Phi) is 9.88. The molecule has 5 rings (SSSR count). The minimum atomic E-state index is -3.99. The molecular formula is C35H32Cl2N2O6S. The van der Waals surface area contributed by atoms with Gasteiger partial charge in [0.2, 0.25) is 10.0 Å². The summed E-state index contributed by atoms with van der Waals surface area (Å²) in [5.74, 6) is -0.168. The highest BCUT2D eigenvalue weighted by atomic mass is 35.5. The number of halogens is 2. The van der Waals surface area contributed by atoms with Crippen LogP contribution in [0.3, 0.4) is 0 Å². The Hall–Kier alpha value is -4.15. The number of hydrogen-bond acceptors (Lipinski definition) is 6. The fourth-order valence-electron chi connectivity index (χ4n) is 5.15. The van der Waals surface area contributed by atoms with Gasteiger partial charge in [0, 0.05) is 28.0 Å². The van der Waals surface area contributed by atoms with Gasteiger partial charge in [-0.3, -0.25) is 9.69 Å². The Balaban J connectivity index is 1.47. The van der Waals surface area contributed by atoms with Gasteiger partial charge in [0.15, 0.2) is 0 Å². The van der Waals surface area contributed by atoms with E-state index in [-0.39, 0.29) is 34.9 Å². The van der Waals surface area contributed by atoms with Crippen LogP contribution in [-0.4, -0.2) is 31.7 Å². The van der Waals surface area contributed by atoms with E-state index in [1.54, 1.807) is 43.3 Å². The highest BCUT2D eigenvalue weighted by molar-refractivity contribution is 7.89. The second kappa shape index (κ2) is 13.7. The van der Waals surface area contributed by atoms with Crippen molar-refractivity contribution in [3.63, 3.8) is 0 Å². The molecule has 238 valence electrons. The molecule has 3 aromatic carbocycles. The molecule has 0 fully saturated rings. The third-order valence-corrected chi connectivity index (χ3v) is 9.94. The van der Waals surface area contributed by atoms with Crippen LogP contribution in [0.15, 0.2) is 111 Å². The molecule has 0 saturated carbocycles. The summed E-state index contributed by atoms with van der Waals surface area (Å²) in [5.41, 5.74) is 3.10. The second-order valence-electron chi connectivity index (χ2n) is 11.1. The molecule has 1 amide bonds. The lowest BCUT2D eigenvalue weighted by Crippen LogP contribution is -2.30. The van der Waals surface area contributed by atoms with E-state index in [1.807, 2.05) is 24.3 Å². The standard InChI is InChI=1S/C35H32Cl2N2O6S/c1-22(2)25-7-13-28(14-8-25)39-23(3)33(35(41)44-4)32(34(39)40)19-29-15-16-30(45-29)21-38(20-24-5-9-26(36)10-6-24)46(42,43)31-17-11-27(37)12-18-31/h5-19,22H,20-21H2,1-4H3/b32-19+. The Morgan fingerprint density at radius 3 is 2.11 bits per heavy atom. The molecule has 0 atom stereocenters. The fraction of sp³-hybridized carbons (Fsp3) is 0.200. The van der Waals surface area contributed by atoms with Crippen molar-refractivity contribution in [2.45, 2.75) is 44.7 Å².